The van der Waals surface area contributed by atoms with Gasteiger partial charge in [-0.25, -0.2) is 14.7 Å². The number of rotatable bonds is 5. The Balaban J connectivity index is 1.80. The van der Waals surface area contributed by atoms with E-state index in [0.717, 1.165) is 10.5 Å². The Labute approximate surface area is 151 Å². The molecule has 0 radical (unpaired) electrons. The van der Waals surface area contributed by atoms with Gasteiger partial charge < -0.3 is 10.1 Å². The van der Waals surface area contributed by atoms with Crippen LogP contribution in [0.3, 0.4) is 0 Å². The zero-order valence-corrected chi connectivity index (χ0v) is 14.5. The summed E-state index contributed by atoms with van der Waals surface area (Å²) in [4.78, 5) is 29.5. The number of aryl methyl sites for hydroxylation is 1. The van der Waals surface area contributed by atoms with E-state index >= 15 is 0 Å². The molecular weight excluding hydrogens is 332 g/mol. The monoisotopic (exact) mass is 350 g/mol. The number of benzene rings is 1. The number of urea groups is 1. The van der Waals surface area contributed by atoms with Gasteiger partial charge in [-0.05, 0) is 42.7 Å². The Hall–Kier alpha value is -3.40. The maximum atomic E-state index is 12.2. The number of ether oxygens (including phenoxy) is 1. The standard InChI is InChI=1S/C19H18N4O3/c1-3-13-9-12(10-20)5-7-16(13)26-17-8-6-14(11-21-17)23-18(24)15(4-2)22-19(23)25/h5-9,11,15H,3-4H2,1-2H3,(H,22,25)/t15-/m1/s1. The van der Waals surface area contributed by atoms with Gasteiger partial charge in [0.1, 0.15) is 11.8 Å². The average molecular weight is 350 g/mol. The minimum atomic E-state index is -0.496. The average Bonchev–Trinajstić information content (AvgIpc) is 2.96. The Bertz CT molecular complexity index is 887. The van der Waals surface area contributed by atoms with E-state index in [1.54, 1.807) is 30.3 Å². The van der Waals surface area contributed by atoms with Crippen molar-refractivity contribution in [1.82, 2.24) is 10.3 Å². The van der Waals surface area contributed by atoms with Gasteiger partial charge in [0.15, 0.2) is 0 Å². The van der Waals surface area contributed by atoms with Crippen LogP contribution in [0.1, 0.15) is 31.4 Å². The molecule has 0 bridgehead atoms. The van der Waals surface area contributed by atoms with Gasteiger partial charge in [-0.1, -0.05) is 13.8 Å². The number of aromatic nitrogens is 1. The van der Waals surface area contributed by atoms with Crippen LogP contribution in [0.25, 0.3) is 0 Å². The molecule has 2 heterocycles. The smallest absolute Gasteiger partial charge is 0.329 e. The van der Waals surface area contributed by atoms with Crippen molar-refractivity contribution in [3.63, 3.8) is 0 Å². The Morgan fingerprint density at radius 2 is 2.08 bits per heavy atom. The number of nitrogens with one attached hydrogen (secondary N) is 1. The highest BCUT2D eigenvalue weighted by molar-refractivity contribution is 6.21. The van der Waals surface area contributed by atoms with E-state index in [2.05, 4.69) is 16.4 Å². The Morgan fingerprint density at radius 1 is 1.27 bits per heavy atom. The van der Waals surface area contributed by atoms with Crippen LogP contribution in [-0.4, -0.2) is 23.0 Å². The molecule has 0 saturated carbocycles. The summed E-state index contributed by atoms with van der Waals surface area (Å²) >= 11 is 0. The van der Waals surface area contributed by atoms with Crippen molar-refractivity contribution in [2.75, 3.05) is 4.90 Å². The molecule has 1 saturated heterocycles. The van der Waals surface area contributed by atoms with Gasteiger partial charge in [-0.2, -0.15) is 5.26 Å². The molecule has 1 atom stereocenters. The highest BCUT2D eigenvalue weighted by Crippen LogP contribution is 2.27. The third kappa shape index (κ3) is 3.22. The quantitative estimate of drug-likeness (QED) is 0.836. The first-order valence-corrected chi connectivity index (χ1v) is 8.38. The van der Waals surface area contributed by atoms with Gasteiger partial charge in [0, 0.05) is 6.07 Å². The molecule has 2 aromatic rings. The lowest BCUT2D eigenvalue weighted by atomic mass is 10.1. The number of anilines is 1. The SMILES string of the molecule is CCc1cc(C#N)ccc1Oc1ccc(N2C(=O)N[C@H](CC)C2=O)cn1. The summed E-state index contributed by atoms with van der Waals surface area (Å²) in [6.07, 6.45) is 2.68. The lowest BCUT2D eigenvalue weighted by Gasteiger charge is -2.14. The van der Waals surface area contributed by atoms with Crippen molar-refractivity contribution < 1.29 is 14.3 Å². The van der Waals surface area contributed by atoms with E-state index in [1.807, 2.05) is 13.8 Å². The van der Waals surface area contributed by atoms with Gasteiger partial charge in [-0.15, -0.1) is 0 Å². The van der Waals surface area contributed by atoms with E-state index < -0.39 is 12.1 Å². The fraction of sp³-hybridized carbons (Fsp3) is 0.263. The number of hydrogen-bond donors (Lipinski definition) is 1. The first kappa shape index (κ1) is 17.4. The van der Waals surface area contributed by atoms with Gasteiger partial charge in [0.05, 0.1) is 23.5 Å². The minimum absolute atomic E-state index is 0.284. The highest BCUT2D eigenvalue weighted by atomic mass is 16.5. The largest absolute Gasteiger partial charge is 0.439 e. The molecule has 7 nitrogen and oxygen atoms in total. The molecule has 0 aliphatic carbocycles. The summed E-state index contributed by atoms with van der Waals surface area (Å²) in [6.45, 7) is 3.81. The summed E-state index contributed by atoms with van der Waals surface area (Å²) in [7, 11) is 0. The number of carbonyl (C=O) groups is 2. The van der Waals surface area contributed by atoms with Crippen molar-refractivity contribution >= 4 is 17.6 Å². The van der Waals surface area contributed by atoms with Crippen LogP contribution in [0, 0.1) is 11.3 Å². The van der Waals surface area contributed by atoms with Crippen LogP contribution in [-0.2, 0) is 11.2 Å². The molecule has 1 N–H and O–H groups in total. The van der Waals surface area contributed by atoms with Crippen LogP contribution in [0.4, 0.5) is 10.5 Å². The fourth-order valence-corrected chi connectivity index (χ4v) is 2.76. The Kier molecular flexibility index (Phi) is 4.85. The van der Waals surface area contributed by atoms with Crippen molar-refractivity contribution in [1.29, 1.82) is 5.26 Å². The highest BCUT2D eigenvalue weighted by Gasteiger charge is 2.37. The molecule has 0 spiro atoms. The second-order valence-corrected chi connectivity index (χ2v) is 5.83. The molecule has 1 fully saturated rings. The third-order valence-electron chi connectivity index (χ3n) is 4.19. The normalized spacial score (nSPS) is 16.3. The molecule has 3 rings (SSSR count). The maximum absolute atomic E-state index is 12.2. The summed E-state index contributed by atoms with van der Waals surface area (Å²) in [5.74, 6) is 0.674. The number of nitrogens with zero attached hydrogens (tertiary/aromatic N) is 3. The topological polar surface area (TPSA) is 95.3 Å². The second-order valence-electron chi connectivity index (χ2n) is 5.83. The van der Waals surface area contributed by atoms with Crippen LogP contribution in [0.5, 0.6) is 11.6 Å². The Morgan fingerprint density at radius 3 is 2.65 bits per heavy atom. The predicted octanol–water partition coefficient (Wildman–Crippen LogP) is 3.14. The molecule has 132 valence electrons. The van der Waals surface area contributed by atoms with Crippen LogP contribution in [0.15, 0.2) is 36.5 Å². The van der Waals surface area contributed by atoms with E-state index in [-0.39, 0.29) is 5.91 Å². The van der Waals surface area contributed by atoms with Crippen molar-refractivity contribution in [3.8, 4) is 17.7 Å². The van der Waals surface area contributed by atoms with Gasteiger partial charge in [-0.3, -0.25) is 4.79 Å². The predicted molar refractivity (Wildman–Crippen MR) is 94.9 cm³/mol. The summed E-state index contributed by atoms with van der Waals surface area (Å²) in [5.41, 5.74) is 1.86. The molecule has 1 aromatic heterocycles. The van der Waals surface area contributed by atoms with E-state index in [1.165, 1.54) is 6.20 Å². The minimum Gasteiger partial charge on any atom is -0.439 e. The van der Waals surface area contributed by atoms with Crippen molar-refractivity contribution in [2.45, 2.75) is 32.7 Å². The zero-order chi connectivity index (χ0) is 18.7. The summed E-state index contributed by atoms with van der Waals surface area (Å²) in [5, 5.41) is 11.6. The number of amides is 3. The molecule has 1 aliphatic heterocycles. The van der Waals surface area contributed by atoms with Crippen molar-refractivity contribution in [3.05, 3.63) is 47.7 Å². The fourth-order valence-electron chi connectivity index (χ4n) is 2.76. The van der Waals surface area contributed by atoms with Crippen LogP contribution in [0.2, 0.25) is 0 Å². The number of carbonyl (C=O) groups excluding carboxylic acids is 2. The van der Waals surface area contributed by atoms with Gasteiger partial charge in [0.25, 0.3) is 5.91 Å². The molecule has 7 heteroatoms. The first-order valence-electron chi connectivity index (χ1n) is 8.38. The number of hydrogen-bond acceptors (Lipinski definition) is 5. The molecule has 1 aliphatic rings. The molecule has 1 aromatic carbocycles. The first-order chi connectivity index (χ1) is 12.6. The van der Waals surface area contributed by atoms with Gasteiger partial charge >= 0.3 is 6.03 Å². The van der Waals surface area contributed by atoms with E-state index in [0.29, 0.717) is 35.7 Å². The summed E-state index contributed by atoms with van der Waals surface area (Å²) in [6, 6.07) is 9.57. The molecule has 0 unspecified atom stereocenters. The van der Waals surface area contributed by atoms with Gasteiger partial charge in [0.2, 0.25) is 5.88 Å². The van der Waals surface area contributed by atoms with E-state index in [9.17, 15) is 9.59 Å². The molecule has 26 heavy (non-hydrogen) atoms. The molecular formula is C19H18N4O3. The molecule has 3 amide bonds. The zero-order valence-electron chi connectivity index (χ0n) is 14.5. The second kappa shape index (κ2) is 7.23. The summed E-state index contributed by atoms with van der Waals surface area (Å²) < 4.78 is 5.79. The van der Waals surface area contributed by atoms with Crippen LogP contribution >= 0.6 is 0 Å². The lowest BCUT2D eigenvalue weighted by molar-refractivity contribution is -0.118. The maximum Gasteiger partial charge on any atom is 0.329 e. The lowest BCUT2D eigenvalue weighted by Crippen LogP contribution is -2.31. The van der Waals surface area contributed by atoms with Crippen LogP contribution < -0.4 is 15.0 Å². The van der Waals surface area contributed by atoms with Crippen molar-refractivity contribution in [2.24, 2.45) is 0 Å². The number of nitriles is 1. The number of imide groups is 1. The van der Waals surface area contributed by atoms with E-state index in [4.69, 9.17) is 10.00 Å². The number of pyridine rings is 1. The third-order valence-corrected chi connectivity index (χ3v) is 4.19.